The van der Waals surface area contributed by atoms with Crippen LogP contribution in [0, 0.1) is 0 Å². The van der Waals surface area contributed by atoms with Gasteiger partial charge in [-0.15, -0.1) is 0 Å². The van der Waals surface area contributed by atoms with Crippen LogP contribution in [0.3, 0.4) is 0 Å². The summed E-state index contributed by atoms with van der Waals surface area (Å²) in [7, 11) is 0. The molecule has 0 aliphatic heterocycles. The molecule has 1 atom stereocenters. The zero-order valence-corrected chi connectivity index (χ0v) is 9.51. The van der Waals surface area contributed by atoms with Crippen LogP contribution in [0.1, 0.15) is 46.3 Å². The van der Waals surface area contributed by atoms with Gasteiger partial charge >= 0.3 is 0 Å². The Balaban J connectivity index is 0.000000711. The van der Waals surface area contributed by atoms with Crippen LogP contribution in [0.5, 0.6) is 0 Å². The molecule has 0 aliphatic rings. The maximum Gasteiger partial charge on any atom is 0.136 e. The lowest BCUT2D eigenvalue weighted by Gasteiger charge is -2.07. The van der Waals surface area contributed by atoms with Crippen LogP contribution < -0.4 is 0 Å². The molecule has 90 valence electrons. The lowest BCUT2D eigenvalue weighted by molar-refractivity contribution is 0.173. The van der Waals surface area contributed by atoms with E-state index in [0.717, 1.165) is 17.6 Å². The fourth-order valence-electron chi connectivity index (χ4n) is 1.37. The Morgan fingerprint density at radius 3 is 2.69 bits per heavy atom. The molecule has 2 aromatic heterocycles. The van der Waals surface area contributed by atoms with Crippen molar-refractivity contribution in [3.05, 3.63) is 36.3 Å². The van der Waals surface area contributed by atoms with Gasteiger partial charge in [-0.1, -0.05) is 34.3 Å². The van der Waals surface area contributed by atoms with Gasteiger partial charge in [-0.05, 0) is 18.1 Å². The van der Waals surface area contributed by atoms with Crippen molar-refractivity contribution in [1.29, 1.82) is 0 Å². The van der Waals surface area contributed by atoms with E-state index < -0.39 is 0 Å². The third kappa shape index (κ3) is 3.07. The van der Waals surface area contributed by atoms with Crippen molar-refractivity contribution >= 4 is 5.65 Å². The SMILES string of the molecule is C.CC.CCC(O)c1ccc2nccn2c1. The molecule has 1 unspecified atom stereocenters. The minimum atomic E-state index is -0.369. The summed E-state index contributed by atoms with van der Waals surface area (Å²) in [5.41, 5.74) is 1.85. The summed E-state index contributed by atoms with van der Waals surface area (Å²) in [5, 5.41) is 9.59. The molecule has 3 nitrogen and oxygen atoms in total. The van der Waals surface area contributed by atoms with Gasteiger partial charge in [-0.2, -0.15) is 0 Å². The van der Waals surface area contributed by atoms with Crippen LogP contribution in [0.25, 0.3) is 5.65 Å². The third-order valence-corrected chi connectivity index (χ3v) is 2.18. The van der Waals surface area contributed by atoms with Crippen molar-refractivity contribution in [2.45, 2.75) is 40.7 Å². The van der Waals surface area contributed by atoms with Gasteiger partial charge in [0.2, 0.25) is 0 Å². The molecule has 0 radical (unpaired) electrons. The van der Waals surface area contributed by atoms with Crippen molar-refractivity contribution < 1.29 is 5.11 Å². The van der Waals surface area contributed by atoms with Crippen LogP contribution in [-0.2, 0) is 0 Å². The minimum Gasteiger partial charge on any atom is -0.388 e. The zero-order valence-electron chi connectivity index (χ0n) is 9.51. The predicted octanol–water partition coefficient (Wildman–Crippen LogP) is 3.44. The highest BCUT2D eigenvalue weighted by molar-refractivity contribution is 5.39. The van der Waals surface area contributed by atoms with E-state index in [1.807, 2.05) is 49.7 Å². The number of hydrogen-bond donors (Lipinski definition) is 1. The Labute approximate surface area is 97.8 Å². The molecule has 0 aromatic carbocycles. The Hall–Kier alpha value is -1.35. The molecule has 0 saturated carbocycles. The Morgan fingerprint density at radius 1 is 1.38 bits per heavy atom. The summed E-state index contributed by atoms with van der Waals surface area (Å²) in [4.78, 5) is 4.13. The van der Waals surface area contributed by atoms with Crippen molar-refractivity contribution in [2.24, 2.45) is 0 Å². The summed E-state index contributed by atoms with van der Waals surface area (Å²) in [6.45, 7) is 5.96. The molecule has 0 amide bonds. The van der Waals surface area contributed by atoms with Crippen LogP contribution in [0.15, 0.2) is 30.7 Å². The molecule has 2 rings (SSSR count). The lowest BCUT2D eigenvalue weighted by Crippen LogP contribution is -1.97. The summed E-state index contributed by atoms with van der Waals surface area (Å²) in [6.07, 6.45) is 5.90. The highest BCUT2D eigenvalue weighted by Gasteiger charge is 2.04. The molecule has 0 saturated heterocycles. The number of aliphatic hydroxyl groups is 1. The number of aliphatic hydroxyl groups excluding tert-OH is 1. The number of nitrogens with zero attached hydrogens (tertiary/aromatic N) is 2. The quantitative estimate of drug-likeness (QED) is 0.845. The molecule has 0 fully saturated rings. The summed E-state index contributed by atoms with van der Waals surface area (Å²) in [6, 6.07) is 3.82. The Morgan fingerprint density at radius 2 is 2.06 bits per heavy atom. The molecule has 16 heavy (non-hydrogen) atoms. The van der Waals surface area contributed by atoms with Crippen molar-refractivity contribution in [3.63, 3.8) is 0 Å². The molecule has 0 aliphatic carbocycles. The Kier molecular flexibility index (Phi) is 6.42. The second kappa shape index (κ2) is 7.01. The van der Waals surface area contributed by atoms with Gasteiger partial charge in [0.15, 0.2) is 0 Å². The van der Waals surface area contributed by atoms with E-state index in [9.17, 15) is 5.11 Å². The van der Waals surface area contributed by atoms with Crippen LogP contribution in [0.4, 0.5) is 0 Å². The number of aromatic nitrogens is 2. The van der Waals surface area contributed by atoms with Crippen molar-refractivity contribution in [1.82, 2.24) is 9.38 Å². The first-order valence-corrected chi connectivity index (χ1v) is 5.42. The monoisotopic (exact) mass is 222 g/mol. The first kappa shape index (κ1) is 14.6. The number of imidazole rings is 1. The largest absolute Gasteiger partial charge is 0.388 e. The molecule has 0 spiro atoms. The average molecular weight is 222 g/mol. The van der Waals surface area contributed by atoms with E-state index in [1.54, 1.807) is 6.20 Å². The first-order valence-electron chi connectivity index (χ1n) is 5.42. The van der Waals surface area contributed by atoms with Gasteiger partial charge < -0.3 is 9.51 Å². The van der Waals surface area contributed by atoms with E-state index in [2.05, 4.69) is 4.98 Å². The molecular weight excluding hydrogens is 200 g/mol. The highest BCUT2D eigenvalue weighted by atomic mass is 16.3. The van der Waals surface area contributed by atoms with Gasteiger partial charge in [-0.25, -0.2) is 4.98 Å². The van der Waals surface area contributed by atoms with E-state index in [-0.39, 0.29) is 13.5 Å². The molecule has 1 N–H and O–H groups in total. The maximum atomic E-state index is 9.59. The average Bonchev–Trinajstić information content (AvgIpc) is 2.77. The third-order valence-electron chi connectivity index (χ3n) is 2.18. The highest BCUT2D eigenvalue weighted by Crippen LogP contribution is 2.16. The molecule has 3 heteroatoms. The maximum absolute atomic E-state index is 9.59. The first-order chi connectivity index (χ1) is 7.31. The summed E-state index contributed by atoms with van der Waals surface area (Å²) >= 11 is 0. The topological polar surface area (TPSA) is 37.5 Å². The van der Waals surface area contributed by atoms with Crippen molar-refractivity contribution in [2.75, 3.05) is 0 Å². The Bertz CT molecular complexity index is 409. The van der Waals surface area contributed by atoms with E-state index in [4.69, 9.17) is 0 Å². The summed E-state index contributed by atoms with van der Waals surface area (Å²) in [5.74, 6) is 0. The molecule has 2 aromatic rings. The second-order valence-electron chi connectivity index (χ2n) is 3.08. The smallest absolute Gasteiger partial charge is 0.136 e. The number of rotatable bonds is 2. The molecule has 0 bridgehead atoms. The standard InChI is InChI=1S/C10H12N2O.C2H6.CH4/c1-2-9(13)8-3-4-10-11-5-6-12(10)7-8;1-2;/h3-7,9,13H,2H2,1H3;1-2H3;1H4. The normalized spacial score (nSPS) is 11.2. The molecule has 2 heterocycles. The van der Waals surface area contributed by atoms with Crippen LogP contribution in [0.2, 0.25) is 0 Å². The van der Waals surface area contributed by atoms with E-state index in [1.165, 1.54) is 0 Å². The zero-order chi connectivity index (χ0) is 11.3. The van der Waals surface area contributed by atoms with Gasteiger partial charge in [0.1, 0.15) is 5.65 Å². The van der Waals surface area contributed by atoms with E-state index >= 15 is 0 Å². The van der Waals surface area contributed by atoms with E-state index in [0.29, 0.717) is 0 Å². The second-order valence-corrected chi connectivity index (χ2v) is 3.08. The van der Waals surface area contributed by atoms with Gasteiger partial charge in [0.05, 0.1) is 6.10 Å². The molecular formula is C13H22N2O. The minimum absolute atomic E-state index is 0. The lowest BCUT2D eigenvalue weighted by atomic mass is 10.1. The van der Waals surface area contributed by atoms with Crippen LogP contribution in [-0.4, -0.2) is 14.5 Å². The number of hydrogen-bond acceptors (Lipinski definition) is 2. The number of pyridine rings is 1. The summed E-state index contributed by atoms with van der Waals surface area (Å²) < 4.78 is 1.91. The predicted molar refractivity (Wildman–Crippen MR) is 68.5 cm³/mol. The van der Waals surface area contributed by atoms with Gasteiger partial charge in [0.25, 0.3) is 0 Å². The van der Waals surface area contributed by atoms with Crippen molar-refractivity contribution in [3.8, 4) is 0 Å². The van der Waals surface area contributed by atoms with Crippen LogP contribution >= 0.6 is 0 Å². The number of fused-ring (bicyclic) bond motifs is 1. The van der Waals surface area contributed by atoms with Gasteiger partial charge in [-0.3, -0.25) is 0 Å². The van der Waals surface area contributed by atoms with Gasteiger partial charge in [0, 0.05) is 18.6 Å². The fraction of sp³-hybridized carbons (Fsp3) is 0.462. The fourth-order valence-corrected chi connectivity index (χ4v) is 1.37.